The summed E-state index contributed by atoms with van der Waals surface area (Å²) in [7, 11) is 1.86. The van der Waals surface area contributed by atoms with Crippen molar-refractivity contribution in [2.24, 2.45) is 7.05 Å². The number of hydrogen-bond acceptors (Lipinski definition) is 6. The lowest BCUT2D eigenvalue weighted by Gasteiger charge is -2.36. The summed E-state index contributed by atoms with van der Waals surface area (Å²) in [6.45, 7) is 6.50. The van der Waals surface area contributed by atoms with E-state index in [9.17, 15) is 4.79 Å². The van der Waals surface area contributed by atoms with Crippen molar-refractivity contribution >= 4 is 33.3 Å². The highest BCUT2D eigenvalue weighted by molar-refractivity contribution is 7.13. The Balaban J connectivity index is 1.18. The standard InChI is InChI=1S/C21H26N6OS/c1-24-19-16(15-22-24)5-4-8-27(21(19)28)14-11-25-9-12-26(13-10-25)20-17-6-2-3-7-18(17)29-23-20/h2-3,6-7,15H,4-5,8-14H2,1H3. The number of aromatic nitrogens is 3. The van der Waals surface area contributed by atoms with Crippen LogP contribution in [0.4, 0.5) is 5.82 Å². The summed E-state index contributed by atoms with van der Waals surface area (Å²) < 4.78 is 7.67. The van der Waals surface area contributed by atoms with Crippen molar-refractivity contribution in [1.82, 2.24) is 24.0 Å². The number of rotatable bonds is 4. The molecule has 1 fully saturated rings. The van der Waals surface area contributed by atoms with Crippen LogP contribution in [0.15, 0.2) is 30.5 Å². The molecule has 5 rings (SSSR count). The predicted octanol–water partition coefficient (Wildman–Crippen LogP) is 2.24. The Bertz CT molecular complexity index is 1020. The first-order chi connectivity index (χ1) is 14.2. The fourth-order valence-corrected chi connectivity index (χ4v) is 5.21. The topological polar surface area (TPSA) is 57.5 Å². The van der Waals surface area contributed by atoms with Crippen molar-refractivity contribution in [1.29, 1.82) is 0 Å². The molecule has 0 unspecified atom stereocenters. The average molecular weight is 411 g/mol. The van der Waals surface area contributed by atoms with Crippen LogP contribution >= 0.6 is 11.5 Å². The first-order valence-electron chi connectivity index (χ1n) is 10.3. The maximum absolute atomic E-state index is 13.0. The fourth-order valence-electron chi connectivity index (χ4n) is 4.41. The molecule has 0 spiro atoms. The summed E-state index contributed by atoms with van der Waals surface area (Å²) in [5.41, 5.74) is 1.85. The number of piperazine rings is 1. The number of benzene rings is 1. The van der Waals surface area contributed by atoms with Gasteiger partial charge in [0.2, 0.25) is 0 Å². The van der Waals surface area contributed by atoms with Crippen LogP contribution in [-0.4, -0.2) is 75.7 Å². The third kappa shape index (κ3) is 3.51. The molecule has 152 valence electrons. The zero-order valence-electron chi connectivity index (χ0n) is 16.8. The molecule has 0 aliphatic carbocycles. The van der Waals surface area contributed by atoms with Crippen LogP contribution in [0.25, 0.3) is 10.1 Å². The van der Waals surface area contributed by atoms with Crippen LogP contribution in [0.5, 0.6) is 0 Å². The zero-order chi connectivity index (χ0) is 19.8. The summed E-state index contributed by atoms with van der Waals surface area (Å²) in [5, 5.41) is 5.53. The maximum Gasteiger partial charge on any atom is 0.272 e. The van der Waals surface area contributed by atoms with Crippen molar-refractivity contribution in [3.63, 3.8) is 0 Å². The lowest BCUT2D eigenvalue weighted by molar-refractivity contribution is 0.0728. The molecule has 0 saturated carbocycles. The minimum absolute atomic E-state index is 0.130. The average Bonchev–Trinajstić information content (AvgIpc) is 3.29. The summed E-state index contributed by atoms with van der Waals surface area (Å²) in [6.07, 6.45) is 3.79. The fraction of sp³-hybridized carbons (Fsp3) is 0.476. The third-order valence-electron chi connectivity index (χ3n) is 6.09. The molecule has 8 heteroatoms. The molecule has 0 N–H and O–H groups in total. The van der Waals surface area contributed by atoms with E-state index >= 15 is 0 Å². The number of aryl methyl sites for hydroxylation is 2. The van der Waals surface area contributed by atoms with Gasteiger partial charge in [-0.05, 0) is 36.5 Å². The normalized spacial score (nSPS) is 18.3. The van der Waals surface area contributed by atoms with Gasteiger partial charge in [0.15, 0.2) is 0 Å². The number of carbonyl (C=O) groups is 1. The molecule has 4 heterocycles. The van der Waals surface area contributed by atoms with Crippen LogP contribution in [0, 0.1) is 0 Å². The number of fused-ring (bicyclic) bond motifs is 2. The third-order valence-corrected chi connectivity index (χ3v) is 6.91. The quantitative estimate of drug-likeness (QED) is 0.660. The minimum atomic E-state index is 0.130. The summed E-state index contributed by atoms with van der Waals surface area (Å²) in [4.78, 5) is 19.8. The molecule has 1 saturated heterocycles. The lowest BCUT2D eigenvalue weighted by Crippen LogP contribution is -2.49. The molecule has 29 heavy (non-hydrogen) atoms. The number of carbonyl (C=O) groups excluding carboxylic acids is 1. The Labute approximate surface area is 174 Å². The van der Waals surface area contributed by atoms with E-state index < -0.39 is 0 Å². The van der Waals surface area contributed by atoms with Crippen molar-refractivity contribution in [3.8, 4) is 0 Å². The highest BCUT2D eigenvalue weighted by Gasteiger charge is 2.27. The number of hydrogen-bond donors (Lipinski definition) is 0. The Hall–Kier alpha value is -2.45. The maximum atomic E-state index is 13.0. The lowest BCUT2D eigenvalue weighted by atomic mass is 10.1. The molecule has 1 amide bonds. The largest absolute Gasteiger partial charge is 0.353 e. The van der Waals surface area contributed by atoms with Crippen molar-refractivity contribution in [3.05, 3.63) is 41.7 Å². The van der Waals surface area contributed by atoms with Gasteiger partial charge in [-0.25, -0.2) is 0 Å². The molecule has 0 atom stereocenters. The van der Waals surface area contributed by atoms with Gasteiger partial charge in [0.25, 0.3) is 5.91 Å². The molecule has 3 aromatic rings. The van der Waals surface area contributed by atoms with Gasteiger partial charge in [0.05, 0.1) is 10.9 Å². The van der Waals surface area contributed by atoms with Gasteiger partial charge in [-0.1, -0.05) is 12.1 Å². The second-order valence-electron chi connectivity index (χ2n) is 7.87. The van der Waals surface area contributed by atoms with Gasteiger partial charge in [-0.15, -0.1) is 0 Å². The van der Waals surface area contributed by atoms with Crippen LogP contribution in [0.3, 0.4) is 0 Å². The Morgan fingerprint density at radius 1 is 1.07 bits per heavy atom. The second kappa shape index (κ2) is 7.76. The molecule has 7 nitrogen and oxygen atoms in total. The Morgan fingerprint density at radius 2 is 1.90 bits per heavy atom. The summed E-state index contributed by atoms with van der Waals surface area (Å²) in [5.74, 6) is 1.25. The molecule has 1 aromatic carbocycles. The summed E-state index contributed by atoms with van der Waals surface area (Å²) in [6, 6.07) is 8.46. The monoisotopic (exact) mass is 410 g/mol. The first-order valence-corrected chi connectivity index (χ1v) is 11.1. The van der Waals surface area contributed by atoms with Gasteiger partial charge in [0.1, 0.15) is 11.5 Å². The van der Waals surface area contributed by atoms with Crippen LogP contribution in [0.1, 0.15) is 22.5 Å². The molecule has 0 radical (unpaired) electrons. The van der Waals surface area contributed by atoms with E-state index in [1.54, 1.807) is 16.2 Å². The van der Waals surface area contributed by atoms with Gasteiger partial charge in [0, 0.05) is 63.8 Å². The molecule has 2 aliphatic heterocycles. The molecular weight excluding hydrogens is 384 g/mol. The summed E-state index contributed by atoms with van der Waals surface area (Å²) >= 11 is 1.58. The Morgan fingerprint density at radius 3 is 2.76 bits per heavy atom. The first kappa shape index (κ1) is 18.6. The molecule has 0 bridgehead atoms. The zero-order valence-corrected chi connectivity index (χ0v) is 17.6. The van der Waals surface area contributed by atoms with E-state index in [1.165, 1.54) is 10.1 Å². The highest BCUT2D eigenvalue weighted by atomic mass is 32.1. The molecule has 2 aromatic heterocycles. The van der Waals surface area contributed by atoms with Gasteiger partial charge >= 0.3 is 0 Å². The van der Waals surface area contributed by atoms with E-state index in [2.05, 4.69) is 39.2 Å². The van der Waals surface area contributed by atoms with E-state index in [0.29, 0.717) is 0 Å². The molecule has 2 aliphatic rings. The second-order valence-corrected chi connectivity index (χ2v) is 8.67. The van der Waals surface area contributed by atoms with Crippen LogP contribution in [-0.2, 0) is 13.5 Å². The number of nitrogens with zero attached hydrogens (tertiary/aromatic N) is 6. The smallest absolute Gasteiger partial charge is 0.272 e. The van der Waals surface area contributed by atoms with Gasteiger partial charge < -0.3 is 9.80 Å². The SMILES string of the molecule is Cn1ncc2c1C(=O)N(CCN1CCN(c3nsc4ccccc34)CC1)CCC2. The Kier molecular flexibility index (Phi) is 4.97. The van der Waals surface area contributed by atoms with Crippen molar-refractivity contribution < 1.29 is 4.79 Å². The van der Waals surface area contributed by atoms with Crippen molar-refractivity contribution in [2.45, 2.75) is 12.8 Å². The van der Waals surface area contributed by atoms with Crippen LogP contribution in [0.2, 0.25) is 0 Å². The van der Waals surface area contributed by atoms with E-state index in [4.69, 9.17) is 4.37 Å². The van der Waals surface area contributed by atoms with Crippen LogP contribution < -0.4 is 4.90 Å². The number of amides is 1. The molecular formula is C21H26N6OS. The van der Waals surface area contributed by atoms with E-state index in [-0.39, 0.29) is 5.91 Å². The van der Waals surface area contributed by atoms with Gasteiger partial charge in [-0.3, -0.25) is 14.4 Å². The van der Waals surface area contributed by atoms with Gasteiger partial charge in [-0.2, -0.15) is 9.47 Å². The van der Waals surface area contributed by atoms with E-state index in [0.717, 1.165) is 75.7 Å². The van der Waals surface area contributed by atoms with E-state index in [1.807, 2.05) is 18.1 Å². The predicted molar refractivity (Wildman–Crippen MR) is 116 cm³/mol. The number of anilines is 1. The van der Waals surface area contributed by atoms with Crippen molar-refractivity contribution in [2.75, 3.05) is 50.7 Å². The highest BCUT2D eigenvalue weighted by Crippen LogP contribution is 2.29. The minimum Gasteiger partial charge on any atom is -0.353 e.